The van der Waals surface area contributed by atoms with Crippen LogP contribution >= 0.6 is 0 Å². The van der Waals surface area contributed by atoms with Gasteiger partial charge < -0.3 is 24.3 Å². The second-order valence-electron chi connectivity index (χ2n) is 5.76. The third-order valence-corrected chi connectivity index (χ3v) is 3.95. The zero-order valence-electron chi connectivity index (χ0n) is 16.3. The summed E-state index contributed by atoms with van der Waals surface area (Å²) in [5.41, 5.74) is 0.373. The number of nitrogens with zero attached hydrogens (tertiary/aromatic N) is 1. The van der Waals surface area contributed by atoms with Gasteiger partial charge in [0.05, 0.1) is 31.8 Å². The van der Waals surface area contributed by atoms with Crippen LogP contribution in [0.4, 0.5) is 11.4 Å². The number of hydrogen-bond donors (Lipinski definition) is 1. The number of nitro benzene ring substituents is 1. The number of para-hydroxylation sites is 1. The molecule has 0 unspecified atom stereocenters. The molecule has 0 atom stereocenters. The molecule has 2 rings (SSSR count). The number of nitro groups is 1. The summed E-state index contributed by atoms with van der Waals surface area (Å²) < 4.78 is 20.5. The van der Waals surface area contributed by atoms with Crippen LogP contribution in [-0.4, -0.2) is 44.7 Å². The fraction of sp³-hybridized carbons (Fsp3) is 0.263. The van der Waals surface area contributed by atoms with Crippen LogP contribution in [0.15, 0.2) is 30.3 Å². The molecule has 1 N–H and O–H groups in total. The van der Waals surface area contributed by atoms with Gasteiger partial charge in [-0.15, -0.1) is 0 Å². The van der Waals surface area contributed by atoms with E-state index in [2.05, 4.69) is 5.32 Å². The Bertz CT molecular complexity index is 917. The van der Waals surface area contributed by atoms with Crippen molar-refractivity contribution in [1.82, 2.24) is 0 Å². The Morgan fingerprint density at radius 3 is 2.21 bits per heavy atom. The number of amides is 1. The van der Waals surface area contributed by atoms with E-state index in [-0.39, 0.29) is 28.4 Å². The van der Waals surface area contributed by atoms with Crippen molar-refractivity contribution in [1.29, 1.82) is 0 Å². The van der Waals surface area contributed by atoms with E-state index in [9.17, 15) is 19.7 Å². The fourth-order valence-corrected chi connectivity index (χ4v) is 2.56. The van der Waals surface area contributed by atoms with Gasteiger partial charge in [-0.3, -0.25) is 14.9 Å². The van der Waals surface area contributed by atoms with Gasteiger partial charge in [0.15, 0.2) is 18.1 Å². The third-order valence-electron chi connectivity index (χ3n) is 3.95. The van der Waals surface area contributed by atoms with Crippen LogP contribution in [-0.2, 0) is 9.53 Å². The van der Waals surface area contributed by atoms with Crippen molar-refractivity contribution in [2.24, 2.45) is 0 Å². The highest BCUT2D eigenvalue weighted by Crippen LogP contribution is 2.38. The first kappa shape index (κ1) is 21.5. The van der Waals surface area contributed by atoms with E-state index in [0.29, 0.717) is 11.3 Å². The maximum Gasteiger partial charge on any atom is 0.338 e. The summed E-state index contributed by atoms with van der Waals surface area (Å²) in [7, 11) is 4.22. The van der Waals surface area contributed by atoms with Crippen LogP contribution in [0.5, 0.6) is 17.2 Å². The number of aryl methyl sites for hydroxylation is 1. The number of ether oxygens (including phenoxy) is 4. The predicted molar refractivity (Wildman–Crippen MR) is 103 cm³/mol. The first-order valence-corrected chi connectivity index (χ1v) is 8.33. The molecule has 0 heterocycles. The molecule has 0 aromatic heterocycles. The number of carbonyl (C=O) groups excluding carboxylic acids is 2. The first-order chi connectivity index (χ1) is 13.8. The van der Waals surface area contributed by atoms with E-state index in [1.807, 2.05) is 0 Å². The smallest absolute Gasteiger partial charge is 0.338 e. The van der Waals surface area contributed by atoms with Crippen molar-refractivity contribution in [2.75, 3.05) is 33.3 Å². The minimum absolute atomic E-state index is 0.0475. The van der Waals surface area contributed by atoms with E-state index >= 15 is 0 Å². The van der Waals surface area contributed by atoms with Crippen LogP contribution in [0.3, 0.4) is 0 Å². The lowest BCUT2D eigenvalue weighted by molar-refractivity contribution is -0.384. The number of benzene rings is 2. The molecule has 2 aromatic rings. The molecule has 2 aromatic carbocycles. The minimum atomic E-state index is -0.807. The Kier molecular flexibility index (Phi) is 6.96. The summed E-state index contributed by atoms with van der Waals surface area (Å²) in [6.07, 6.45) is 0. The van der Waals surface area contributed by atoms with Crippen LogP contribution in [0.25, 0.3) is 0 Å². The summed E-state index contributed by atoms with van der Waals surface area (Å²) >= 11 is 0. The first-order valence-electron chi connectivity index (χ1n) is 8.33. The Balaban J connectivity index is 2.12. The number of carbonyl (C=O) groups is 2. The maximum absolute atomic E-state index is 12.3. The molecule has 0 fully saturated rings. The molecule has 10 nitrogen and oxygen atoms in total. The summed E-state index contributed by atoms with van der Waals surface area (Å²) in [6.45, 7) is 0.978. The molecule has 154 valence electrons. The Morgan fingerprint density at radius 1 is 1.07 bits per heavy atom. The lowest BCUT2D eigenvalue weighted by Gasteiger charge is -2.14. The van der Waals surface area contributed by atoms with Crippen molar-refractivity contribution in [3.05, 3.63) is 51.6 Å². The van der Waals surface area contributed by atoms with Crippen molar-refractivity contribution >= 4 is 23.3 Å². The van der Waals surface area contributed by atoms with Gasteiger partial charge in [0.25, 0.3) is 11.6 Å². The van der Waals surface area contributed by atoms with Gasteiger partial charge in [-0.05, 0) is 24.6 Å². The number of esters is 1. The van der Waals surface area contributed by atoms with Crippen LogP contribution in [0, 0.1) is 17.0 Å². The largest absolute Gasteiger partial charge is 0.493 e. The van der Waals surface area contributed by atoms with Gasteiger partial charge >= 0.3 is 5.97 Å². The minimum Gasteiger partial charge on any atom is -0.493 e. The molecule has 0 aliphatic carbocycles. The summed E-state index contributed by atoms with van der Waals surface area (Å²) in [5, 5.41) is 13.5. The van der Waals surface area contributed by atoms with E-state index in [1.54, 1.807) is 13.0 Å². The highest BCUT2D eigenvalue weighted by atomic mass is 16.6. The number of hydrogen-bond acceptors (Lipinski definition) is 8. The highest BCUT2D eigenvalue weighted by Gasteiger charge is 2.21. The van der Waals surface area contributed by atoms with Crippen LogP contribution in [0.2, 0.25) is 0 Å². The Hall–Kier alpha value is -3.82. The quantitative estimate of drug-likeness (QED) is 0.404. The molecule has 0 saturated carbocycles. The molecule has 0 aliphatic rings. The standard InChI is InChI=1S/C19H20N2O8/c1-11-6-5-7-13(21(24)25)17(11)20-16(22)10-29-19(23)12-8-14(26-2)18(28-4)15(9-12)27-3/h5-9H,10H2,1-4H3,(H,20,22). The van der Waals surface area contributed by atoms with Gasteiger partial charge in [-0.2, -0.15) is 0 Å². The topological polar surface area (TPSA) is 126 Å². The molecule has 29 heavy (non-hydrogen) atoms. The SMILES string of the molecule is COc1cc(C(=O)OCC(=O)Nc2c(C)cccc2[N+](=O)[O-])cc(OC)c1OC. The van der Waals surface area contributed by atoms with Crippen molar-refractivity contribution in [3.63, 3.8) is 0 Å². The van der Waals surface area contributed by atoms with E-state index in [0.717, 1.165) is 0 Å². The van der Waals surface area contributed by atoms with Gasteiger partial charge in [0.2, 0.25) is 5.75 Å². The fourth-order valence-electron chi connectivity index (χ4n) is 2.56. The molecular weight excluding hydrogens is 384 g/mol. The van der Waals surface area contributed by atoms with Gasteiger partial charge in [0.1, 0.15) is 5.69 Å². The molecule has 0 spiro atoms. The predicted octanol–water partition coefficient (Wildman–Crippen LogP) is 2.72. The van der Waals surface area contributed by atoms with Gasteiger partial charge in [-0.25, -0.2) is 4.79 Å². The average molecular weight is 404 g/mol. The summed E-state index contributed by atoms with van der Waals surface area (Å²) in [6, 6.07) is 7.16. The van der Waals surface area contributed by atoms with Gasteiger partial charge in [0, 0.05) is 6.07 Å². The number of rotatable bonds is 8. The second kappa shape index (κ2) is 9.40. The van der Waals surface area contributed by atoms with Crippen molar-refractivity contribution in [2.45, 2.75) is 6.92 Å². The molecule has 0 bridgehead atoms. The summed E-state index contributed by atoms with van der Waals surface area (Å²) in [4.78, 5) is 35.0. The Morgan fingerprint density at radius 2 is 1.69 bits per heavy atom. The molecule has 10 heteroatoms. The lowest BCUT2D eigenvalue weighted by Crippen LogP contribution is -2.22. The molecule has 0 saturated heterocycles. The summed E-state index contributed by atoms with van der Waals surface area (Å²) in [5.74, 6) is -0.726. The van der Waals surface area contributed by atoms with E-state index < -0.39 is 23.4 Å². The number of methoxy groups -OCH3 is 3. The Labute approximate surface area is 166 Å². The van der Waals surface area contributed by atoms with Crippen LogP contribution < -0.4 is 19.5 Å². The monoisotopic (exact) mass is 404 g/mol. The number of nitrogens with one attached hydrogen (secondary N) is 1. The van der Waals surface area contributed by atoms with E-state index in [1.165, 1.54) is 45.6 Å². The zero-order valence-corrected chi connectivity index (χ0v) is 16.3. The van der Waals surface area contributed by atoms with Crippen molar-refractivity contribution in [3.8, 4) is 17.2 Å². The van der Waals surface area contributed by atoms with Crippen molar-refractivity contribution < 1.29 is 33.5 Å². The molecular formula is C19H20N2O8. The lowest BCUT2D eigenvalue weighted by atomic mass is 10.1. The number of anilines is 1. The maximum atomic E-state index is 12.3. The average Bonchev–Trinajstić information content (AvgIpc) is 2.71. The second-order valence-corrected chi connectivity index (χ2v) is 5.76. The van der Waals surface area contributed by atoms with E-state index in [4.69, 9.17) is 18.9 Å². The third kappa shape index (κ3) is 4.92. The highest BCUT2D eigenvalue weighted by molar-refractivity contribution is 5.97. The van der Waals surface area contributed by atoms with Gasteiger partial charge in [-0.1, -0.05) is 12.1 Å². The zero-order chi connectivity index (χ0) is 21.6. The molecule has 0 aliphatic heterocycles. The van der Waals surface area contributed by atoms with Crippen LogP contribution in [0.1, 0.15) is 15.9 Å². The normalized spacial score (nSPS) is 10.1. The molecule has 0 radical (unpaired) electrons. The molecule has 1 amide bonds.